The second-order valence-electron chi connectivity index (χ2n) is 17.6. The number of imide groups is 2. The van der Waals surface area contributed by atoms with Crippen LogP contribution < -0.4 is 10.2 Å². The number of aryl methyl sites for hydroxylation is 1. The number of benzene rings is 4. The number of likely N-dealkylation sites (tertiary alicyclic amines) is 1. The number of phenols is 1. The Morgan fingerprint density at radius 2 is 1.44 bits per heavy atom. The van der Waals surface area contributed by atoms with Crippen molar-refractivity contribution < 1.29 is 24.3 Å². The summed E-state index contributed by atoms with van der Waals surface area (Å²) >= 11 is 0. The zero-order valence-electron chi connectivity index (χ0n) is 34.1. The van der Waals surface area contributed by atoms with E-state index in [-0.39, 0.29) is 5.92 Å². The van der Waals surface area contributed by atoms with Crippen LogP contribution in [0.3, 0.4) is 0 Å². The molecule has 4 aromatic carbocycles. The third-order valence-corrected chi connectivity index (χ3v) is 14.3. The number of hydrogen-bond donors (Lipinski definition) is 2. The van der Waals surface area contributed by atoms with E-state index in [1.807, 2.05) is 31.2 Å². The molecule has 4 aromatic rings. The summed E-state index contributed by atoms with van der Waals surface area (Å²) in [4.78, 5) is 59.0. The Morgan fingerprint density at radius 3 is 2.08 bits per heavy atom. The normalized spacial score (nSPS) is 21.9. The summed E-state index contributed by atoms with van der Waals surface area (Å²) in [5, 5.41) is 12.4. The van der Waals surface area contributed by atoms with Gasteiger partial charge in [0.1, 0.15) is 11.8 Å². The number of carbonyl (C=O) groups is 4. The molecule has 2 N–H and O–H groups in total. The first-order valence-electron chi connectivity index (χ1n) is 21.7. The van der Waals surface area contributed by atoms with E-state index in [1.54, 1.807) is 0 Å². The van der Waals surface area contributed by atoms with Crippen LogP contribution in [0.2, 0.25) is 0 Å². The zero-order valence-corrected chi connectivity index (χ0v) is 34.1. The van der Waals surface area contributed by atoms with Crippen molar-refractivity contribution in [2.24, 2.45) is 5.41 Å². The molecule has 306 valence electrons. The molecule has 10 nitrogen and oxygen atoms in total. The standard InChI is InChI=1S/C49H55N5O5/c1-2-6-44(46(57)50-32-55)54-47(58)42-28-36-30-52(31-37(36)29-43(42)48(54)59)26-25-51-21-17-49(18-22-51)19-23-53(24-20-49)38-12-9-34(10-13-38)45-40(33-7-4-3-5-8-33)15-11-35-27-39(56)14-16-41(35)45/h3-5,7-10,12-14,16,27-29,32,40,44-45,56H,2,6,11,15,17-26,30-31H2,1H3,(H,50,55,57). The van der Waals surface area contributed by atoms with Gasteiger partial charge in [-0.05, 0) is 139 Å². The van der Waals surface area contributed by atoms with Crippen LogP contribution in [0.15, 0.2) is 84.9 Å². The number of amides is 4. The molecule has 2 saturated heterocycles. The lowest BCUT2D eigenvalue weighted by molar-refractivity contribution is -0.128. The van der Waals surface area contributed by atoms with Crippen LogP contribution >= 0.6 is 0 Å². The summed E-state index contributed by atoms with van der Waals surface area (Å²) in [5.41, 5.74) is 9.87. The minimum Gasteiger partial charge on any atom is -0.508 e. The number of hydrogen-bond acceptors (Lipinski definition) is 8. The fraction of sp³-hybridized carbons (Fsp3) is 0.429. The van der Waals surface area contributed by atoms with Crippen molar-refractivity contribution in [1.29, 1.82) is 0 Å². The fourth-order valence-electron chi connectivity index (χ4n) is 10.9. The molecule has 0 aromatic heterocycles. The SMILES string of the molecule is CCCC(C(=O)NC=O)N1C(=O)c2cc3c(cc2C1=O)CN(CCN1CCC2(CC1)CCN(c1ccc(C4c5ccc(O)cc5CCC4c4ccccc4)cc1)CC2)C3. The van der Waals surface area contributed by atoms with Crippen LogP contribution in [-0.2, 0) is 29.1 Å². The van der Waals surface area contributed by atoms with Gasteiger partial charge in [0.15, 0.2) is 0 Å². The monoisotopic (exact) mass is 793 g/mol. The van der Waals surface area contributed by atoms with Gasteiger partial charge in [0.25, 0.3) is 11.8 Å². The highest BCUT2D eigenvalue weighted by molar-refractivity contribution is 6.23. The maximum absolute atomic E-state index is 13.4. The molecule has 4 amide bonds. The second kappa shape index (κ2) is 16.4. The molecular formula is C49H55N5O5. The van der Waals surface area contributed by atoms with Gasteiger partial charge >= 0.3 is 0 Å². The van der Waals surface area contributed by atoms with E-state index in [0.29, 0.717) is 47.5 Å². The highest BCUT2D eigenvalue weighted by atomic mass is 16.3. The summed E-state index contributed by atoms with van der Waals surface area (Å²) in [5.74, 6) is -0.547. The van der Waals surface area contributed by atoms with Gasteiger partial charge in [0.05, 0.1) is 11.1 Å². The molecule has 0 radical (unpaired) electrons. The molecular weight excluding hydrogens is 739 g/mol. The van der Waals surface area contributed by atoms with Crippen molar-refractivity contribution in [3.8, 4) is 5.75 Å². The summed E-state index contributed by atoms with van der Waals surface area (Å²) in [6, 6.07) is 28.9. The average molecular weight is 794 g/mol. The number of rotatable bonds is 11. The minimum absolute atomic E-state index is 0.256. The molecule has 2 fully saturated rings. The van der Waals surface area contributed by atoms with Crippen LogP contribution in [0.1, 0.15) is 118 Å². The van der Waals surface area contributed by atoms with Crippen LogP contribution in [0.5, 0.6) is 5.75 Å². The van der Waals surface area contributed by atoms with Crippen LogP contribution in [0, 0.1) is 5.41 Å². The minimum atomic E-state index is -1.00. The lowest BCUT2D eigenvalue weighted by atomic mass is 9.69. The average Bonchev–Trinajstić information content (AvgIpc) is 3.77. The Kier molecular flexibility index (Phi) is 10.9. The zero-order chi connectivity index (χ0) is 40.7. The van der Waals surface area contributed by atoms with E-state index in [1.165, 1.54) is 53.6 Å². The Balaban J connectivity index is 0.769. The Bertz CT molecular complexity index is 2180. The van der Waals surface area contributed by atoms with Crippen molar-refractivity contribution in [3.63, 3.8) is 0 Å². The Labute approximate surface area is 347 Å². The van der Waals surface area contributed by atoms with E-state index in [2.05, 4.69) is 80.7 Å². The third kappa shape index (κ3) is 7.57. The number of fused-ring (bicyclic) bond motifs is 3. The van der Waals surface area contributed by atoms with Gasteiger partial charge < -0.3 is 14.9 Å². The molecule has 0 bridgehead atoms. The molecule has 0 saturated carbocycles. The highest BCUT2D eigenvalue weighted by Gasteiger charge is 2.44. The first-order valence-corrected chi connectivity index (χ1v) is 21.7. The summed E-state index contributed by atoms with van der Waals surface area (Å²) in [7, 11) is 0. The maximum Gasteiger partial charge on any atom is 0.262 e. The highest BCUT2D eigenvalue weighted by Crippen LogP contribution is 2.48. The van der Waals surface area contributed by atoms with Crippen molar-refractivity contribution in [3.05, 3.63) is 129 Å². The van der Waals surface area contributed by atoms with E-state index in [9.17, 15) is 24.3 Å². The van der Waals surface area contributed by atoms with Crippen molar-refractivity contribution >= 4 is 29.8 Å². The summed E-state index contributed by atoms with van der Waals surface area (Å²) in [6.07, 6.45) is 8.13. The number of piperidine rings is 2. The summed E-state index contributed by atoms with van der Waals surface area (Å²) < 4.78 is 0. The van der Waals surface area contributed by atoms with E-state index in [4.69, 9.17) is 0 Å². The number of aromatic hydroxyl groups is 1. The molecule has 9 rings (SSSR count). The van der Waals surface area contributed by atoms with Gasteiger partial charge in [0.2, 0.25) is 12.3 Å². The van der Waals surface area contributed by atoms with E-state index >= 15 is 0 Å². The summed E-state index contributed by atoms with van der Waals surface area (Å²) in [6.45, 7) is 9.66. The number of phenolic OH excluding ortho intramolecular Hbond substituents is 1. The molecule has 3 atom stereocenters. The van der Waals surface area contributed by atoms with Gasteiger partial charge in [-0.25, -0.2) is 0 Å². The van der Waals surface area contributed by atoms with Gasteiger partial charge in [-0.2, -0.15) is 0 Å². The quantitative estimate of drug-likeness (QED) is 0.124. The second-order valence-corrected chi connectivity index (χ2v) is 17.6. The van der Waals surface area contributed by atoms with Crippen molar-refractivity contribution in [2.75, 3.05) is 44.2 Å². The number of nitrogens with one attached hydrogen (secondary N) is 1. The first-order chi connectivity index (χ1) is 28.7. The Hall–Kier alpha value is -5.32. The molecule has 59 heavy (non-hydrogen) atoms. The first kappa shape index (κ1) is 39.2. The number of anilines is 1. The lowest BCUT2D eigenvalue weighted by Gasteiger charge is -2.47. The number of nitrogens with zero attached hydrogens (tertiary/aromatic N) is 4. The fourth-order valence-corrected chi connectivity index (χ4v) is 10.9. The lowest BCUT2D eigenvalue weighted by Crippen LogP contribution is -2.49. The smallest absolute Gasteiger partial charge is 0.262 e. The molecule has 4 heterocycles. The molecule has 1 aliphatic carbocycles. The van der Waals surface area contributed by atoms with Gasteiger partial charge in [-0.3, -0.25) is 34.3 Å². The topological polar surface area (TPSA) is 114 Å². The van der Waals surface area contributed by atoms with Crippen LogP contribution in [0.25, 0.3) is 0 Å². The van der Waals surface area contributed by atoms with E-state index in [0.717, 1.165) is 81.2 Å². The van der Waals surface area contributed by atoms with E-state index < -0.39 is 23.8 Å². The molecule has 5 aliphatic rings. The molecule has 3 unspecified atom stereocenters. The molecule has 1 spiro atoms. The van der Waals surface area contributed by atoms with Gasteiger partial charge in [-0.1, -0.05) is 61.9 Å². The third-order valence-electron chi connectivity index (χ3n) is 14.3. The van der Waals surface area contributed by atoms with Crippen LogP contribution in [0.4, 0.5) is 5.69 Å². The molecule has 10 heteroatoms. The largest absolute Gasteiger partial charge is 0.508 e. The predicted octanol–water partition coefficient (Wildman–Crippen LogP) is 6.99. The van der Waals surface area contributed by atoms with Gasteiger partial charge in [-0.15, -0.1) is 0 Å². The Morgan fingerprint density at radius 1 is 0.797 bits per heavy atom. The van der Waals surface area contributed by atoms with Crippen LogP contribution in [-0.4, -0.2) is 89.2 Å². The predicted molar refractivity (Wildman–Crippen MR) is 227 cm³/mol. The van der Waals surface area contributed by atoms with Gasteiger partial charge in [0, 0.05) is 50.9 Å². The molecule has 4 aliphatic heterocycles. The van der Waals surface area contributed by atoms with Crippen molar-refractivity contribution in [2.45, 2.75) is 89.3 Å². The van der Waals surface area contributed by atoms with Crippen molar-refractivity contribution in [1.82, 2.24) is 20.0 Å². The maximum atomic E-state index is 13.4. The number of carbonyl (C=O) groups excluding carboxylic acids is 4.